The van der Waals surface area contributed by atoms with E-state index in [4.69, 9.17) is 4.74 Å². The highest BCUT2D eigenvalue weighted by Crippen LogP contribution is 2.28. The molecule has 0 radical (unpaired) electrons. The number of anilines is 1. The Hall–Kier alpha value is -3.06. The molecule has 0 bridgehead atoms. The number of thiophene rings is 1. The number of aromatic amines is 1. The Morgan fingerprint density at radius 1 is 1.25 bits per heavy atom. The molecule has 170 valence electrons. The highest BCUT2D eigenvalue weighted by Gasteiger charge is 2.31. The maximum Gasteiger partial charge on any atom is 0.573 e. The summed E-state index contributed by atoms with van der Waals surface area (Å²) in [4.78, 5) is 44.3. The van der Waals surface area contributed by atoms with Crippen molar-refractivity contribution in [3.05, 3.63) is 50.9 Å². The maximum absolute atomic E-state index is 12.4. The summed E-state index contributed by atoms with van der Waals surface area (Å²) in [5, 5.41) is 2.68. The van der Waals surface area contributed by atoms with Crippen LogP contribution in [0.25, 0.3) is 10.2 Å². The van der Waals surface area contributed by atoms with E-state index in [9.17, 15) is 27.6 Å². The minimum Gasteiger partial charge on any atom is -0.451 e. The number of aryl methyl sites for hydroxylation is 1. The lowest BCUT2D eigenvalue weighted by Gasteiger charge is -2.10. The second-order valence-corrected chi connectivity index (χ2v) is 8.24. The average molecular weight is 487 g/mol. The van der Waals surface area contributed by atoms with E-state index in [2.05, 4.69) is 20.0 Å². The highest BCUT2D eigenvalue weighted by molar-refractivity contribution is 7.97. The molecule has 8 nitrogen and oxygen atoms in total. The number of hydrogen-bond acceptors (Lipinski definition) is 8. The zero-order valence-corrected chi connectivity index (χ0v) is 18.3. The van der Waals surface area contributed by atoms with Crippen molar-refractivity contribution in [3.63, 3.8) is 0 Å². The van der Waals surface area contributed by atoms with Gasteiger partial charge in [0.2, 0.25) is 0 Å². The number of halogens is 3. The topological polar surface area (TPSA) is 110 Å². The number of nitrogens with zero attached hydrogens (tertiary/aromatic N) is 1. The Labute approximate surface area is 187 Å². The van der Waals surface area contributed by atoms with Gasteiger partial charge >= 0.3 is 12.3 Å². The van der Waals surface area contributed by atoms with Crippen LogP contribution in [0.5, 0.6) is 5.75 Å². The van der Waals surface area contributed by atoms with Gasteiger partial charge in [-0.3, -0.25) is 9.59 Å². The molecule has 1 amide bonds. The summed E-state index contributed by atoms with van der Waals surface area (Å²) < 4.78 is 45.3. The van der Waals surface area contributed by atoms with E-state index in [-0.39, 0.29) is 21.5 Å². The molecule has 0 fully saturated rings. The van der Waals surface area contributed by atoms with Gasteiger partial charge in [0.05, 0.1) is 11.1 Å². The fourth-order valence-electron chi connectivity index (χ4n) is 2.72. The molecule has 0 aliphatic heterocycles. The van der Waals surface area contributed by atoms with Crippen molar-refractivity contribution in [3.8, 4) is 5.75 Å². The Morgan fingerprint density at radius 2 is 1.94 bits per heavy atom. The maximum atomic E-state index is 12.4. The van der Waals surface area contributed by atoms with Gasteiger partial charge in [-0.1, -0.05) is 0 Å². The van der Waals surface area contributed by atoms with E-state index >= 15 is 0 Å². The van der Waals surface area contributed by atoms with Crippen molar-refractivity contribution in [1.82, 2.24) is 9.97 Å². The number of alkyl halides is 3. The van der Waals surface area contributed by atoms with Gasteiger partial charge < -0.3 is 19.8 Å². The van der Waals surface area contributed by atoms with E-state index in [1.165, 1.54) is 23.9 Å². The van der Waals surface area contributed by atoms with Gasteiger partial charge in [-0.15, -0.1) is 24.5 Å². The summed E-state index contributed by atoms with van der Waals surface area (Å²) >= 11 is 2.48. The van der Waals surface area contributed by atoms with E-state index in [0.717, 1.165) is 23.5 Å². The SMILES string of the molecule is CSCc1nc2sc(C(=O)OCC(=O)Nc3ccc(OC(F)(F)F)cc3)c(C)c2c(=O)[nH]1. The number of thioether (sulfide) groups is 1. The molecular formula is C19H16F3N3O5S2. The summed E-state index contributed by atoms with van der Waals surface area (Å²) in [7, 11) is 0. The van der Waals surface area contributed by atoms with Crippen LogP contribution in [0.15, 0.2) is 29.1 Å². The minimum atomic E-state index is -4.82. The number of esters is 1. The average Bonchev–Trinajstić information content (AvgIpc) is 3.04. The number of amides is 1. The lowest BCUT2D eigenvalue weighted by Crippen LogP contribution is -2.21. The molecule has 2 N–H and O–H groups in total. The van der Waals surface area contributed by atoms with E-state index in [1.54, 1.807) is 6.92 Å². The summed E-state index contributed by atoms with van der Waals surface area (Å²) in [6.45, 7) is 0.958. The van der Waals surface area contributed by atoms with Crippen LogP contribution in [0.3, 0.4) is 0 Å². The zero-order chi connectivity index (χ0) is 23.5. The standard InChI is InChI=1S/C19H16F3N3O5S2/c1-9-14-16(27)24-12(8-31-2)25-17(14)32-15(9)18(28)29-7-13(26)23-10-3-5-11(6-4-10)30-19(20,21)22/h3-6H,7-8H2,1-2H3,(H,23,26)(H,24,25,27). The number of rotatable bonds is 7. The number of fused-ring (bicyclic) bond motifs is 1. The first kappa shape index (κ1) is 23.6. The molecule has 2 aromatic heterocycles. The fourth-order valence-corrected chi connectivity index (χ4v) is 4.23. The summed E-state index contributed by atoms with van der Waals surface area (Å²) in [6.07, 6.45) is -2.96. The Bertz CT molecular complexity index is 1210. The van der Waals surface area contributed by atoms with Crippen LogP contribution in [0, 0.1) is 6.92 Å². The number of aromatic nitrogens is 2. The summed E-state index contributed by atoms with van der Waals surface area (Å²) in [5.41, 5.74) is 0.235. The number of benzene rings is 1. The van der Waals surface area contributed by atoms with Gasteiger partial charge in [-0.2, -0.15) is 11.8 Å². The molecule has 3 aromatic rings. The van der Waals surface area contributed by atoms with Crippen molar-refractivity contribution in [2.45, 2.75) is 19.0 Å². The first-order valence-electron chi connectivity index (χ1n) is 8.91. The lowest BCUT2D eigenvalue weighted by molar-refractivity contribution is -0.274. The van der Waals surface area contributed by atoms with Gasteiger partial charge in [-0.05, 0) is 43.0 Å². The first-order chi connectivity index (χ1) is 15.1. The van der Waals surface area contributed by atoms with E-state index < -0.39 is 30.6 Å². The monoisotopic (exact) mass is 487 g/mol. The Balaban J connectivity index is 1.63. The predicted octanol–water partition coefficient (Wildman–Crippen LogP) is 3.85. The van der Waals surface area contributed by atoms with Crippen LogP contribution in [0.2, 0.25) is 0 Å². The predicted molar refractivity (Wildman–Crippen MR) is 114 cm³/mol. The van der Waals surface area contributed by atoms with Crippen LogP contribution >= 0.6 is 23.1 Å². The second kappa shape index (κ2) is 9.61. The van der Waals surface area contributed by atoms with Crippen molar-refractivity contribution in [2.24, 2.45) is 0 Å². The van der Waals surface area contributed by atoms with Crippen molar-refractivity contribution in [1.29, 1.82) is 0 Å². The van der Waals surface area contributed by atoms with Gasteiger partial charge in [0.25, 0.3) is 11.5 Å². The highest BCUT2D eigenvalue weighted by atomic mass is 32.2. The van der Waals surface area contributed by atoms with Crippen molar-refractivity contribution >= 4 is 50.9 Å². The van der Waals surface area contributed by atoms with Gasteiger partial charge in [-0.25, -0.2) is 9.78 Å². The quantitative estimate of drug-likeness (QED) is 0.487. The molecule has 0 saturated heterocycles. The molecule has 13 heteroatoms. The first-order valence-corrected chi connectivity index (χ1v) is 11.1. The van der Waals surface area contributed by atoms with Gasteiger partial charge in [0, 0.05) is 5.69 Å². The third-order valence-electron chi connectivity index (χ3n) is 4.02. The summed E-state index contributed by atoms with van der Waals surface area (Å²) in [5.74, 6) is -0.931. The normalized spacial score (nSPS) is 11.4. The Morgan fingerprint density at radius 3 is 2.56 bits per heavy atom. The second-order valence-electron chi connectivity index (χ2n) is 6.38. The fraction of sp³-hybridized carbons (Fsp3) is 0.263. The van der Waals surface area contributed by atoms with Gasteiger partial charge in [0.1, 0.15) is 21.3 Å². The van der Waals surface area contributed by atoms with Crippen molar-refractivity contribution < 1.29 is 32.2 Å². The molecule has 0 aliphatic carbocycles. The number of nitrogens with one attached hydrogen (secondary N) is 2. The third-order valence-corrected chi connectivity index (χ3v) is 5.75. The van der Waals surface area contributed by atoms with Crippen LogP contribution in [0.1, 0.15) is 21.1 Å². The zero-order valence-electron chi connectivity index (χ0n) is 16.7. The number of carbonyl (C=O) groups is 2. The molecule has 2 heterocycles. The molecule has 0 saturated carbocycles. The van der Waals surface area contributed by atoms with Crippen molar-refractivity contribution in [2.75, 3.05) is 18.2 Å². The Kier molecular flexibility index (Phi) is 7.09. The van der Waals surface area contributed by atoms with Crippen LogP contribution in [-0.4, -0.2) is 41.1 Å². The van der Waals surface area contributed by atoms with Gasteiger partial charge in [0.15, 0.2) is 6.61 Å². The number of ether oxygens (including phenoxy) is 2. The molecule has 0 aliphatic rings. The number of carbonyl (C=O) groups excluding carboxylic acids is 2. The van der Waals surface area contributed by atoms with E-state index in [1.807, 2.05) is 6.26 Å². The smallest absolute Gasteiger partial charge is 0.451 e. The molecule has 0 spiro atoms. The molecule has 3 rings (SSSR count). The third kappa shape index (κ3) is 5.79. The van der Waals surface area contributed by atoms with Crippen LogP contribution < -0.4 is 15.6 Å². The number of hydrogen-bond donors (Lipinski definition) is 2. The van der Waals surface area contributed by atoms with Crippen LogP contribution in [-0.2, 0) is 15.3 Å². The largest absolute Gasteiger partial charge is 0.573 e. The molecule has 1 aromatic carbocycles. The molecule has 32 heavy (non-hydrogen) atoms. The minimum absolute atomic E-state index is 0.153. The van der Waals surface area contributed by atoms with E-state index in [0.29, 0.717) is 22.0 Å². The number of H-pyrrole nitrogens is 1. The summed E-state index contributed by atoms with van der Waals surface area (Å²) in [6, 6.07) is 4.49. The lowest BCUT2D eigenvalue weighted by atomic mass is 10.2. The molecule has 0 atom stereocenters. The van der Waals surface area contributed by atoms with Crippen LogP contribution in [0.4, 0.5) is 18.9 Å². The molecule has 0 unspecified atom stereocenters. The molecular weight excluding hydrogens is 471 g/mol.